The van der Waals surface area contributed by atoms with E-state index in [1.807, 2.05) is 0 Å². The van der Waals surface area contributed by atoms with Crippen molar-refractivity contribution >= 4 is 0 Å². The van der Waals surface area contributed by atoms with Crippen molar-refractivity contribution in [2.24, 2.45) is 5.73 Å². The number of hydrogen-bond acceptors (Lipinski definition) is 2. The van der Waals surface area contributed by atoms with Gasteiger partial charge in [0.25, 0.3) is 0 Å². The summed E-state index contributed by atoms with van der Waals surface area (Å²) in [6.45, 7) is 0.321. The molecule has 1 aromatic rings. The number of pyridine rings is 1. The molecule has 0 spiro atoms. The molecule has 80 valence electrons. The highest BCUT2D eigenvalue weighted by atomic mass is 19.4. The summed E-state index contributed by atoms with van der Waals surface area (Å²) >= 11 is 0. The Labute approximate surface area is 85.3 Å². The smallest absolute Gasteiger partial charge is 0.330 e. The average Bonchev–Trinajstić information content (AvgIpc) is 2.17. The first-order chi connectivity index (χ1) is 7.05. The average molecular weight is 214 g/mol. The van der Waals surface area contributed by atoms with Crippen LogP contribution in [0.3, 0.4) is 0 Å². The maximum Gasteiger partial charge on any atom is 0.419 e. The van der Waals surface area contributed by atoms with Crippen LogP contribution < -0.4 is 5.73 Å². The zero-order valence-electron chi connectivity index (χ0n) is 7.80. The van der Waals surface area contributed by atoms with Gasteiger partial charge in [0.15, 0.2) is 0 Å². The fourth-order valence-corrected chi connectivity index (χ4v) is 0.952. The van der Waals surface area contributed by atoms with E-state index in [0.717, 1.165) is 6.07 Å². The predicted octanol–water partition coefficient (Wildman–Crippen LogP) is 1.80. The predicted molar refractivity (Wildman–Crippen MR) is 49.8 cm³/mol. The monoisotopic (exact) mass is 214 g/mol. The molecule has 0 saturated heterocycles. The summed E-state index contributed by atoms with van der Waals surface area (Å²) in [6, 6.07) is 2.19. The van der Waals surface area contributed by atoms with E-state index in [2.05, 4.69) is 16.8 Å². The van der Waals surface area contributed by atoms with Crippen molar-refractivity contribution in [2.45, 2.75) is 12.6 Å². The van der Waals surface area contributed by atoms with Crippen LogP contribution in [0.15, 0.2) is 18.3 Å². The number of nitrogens with two attached hydrogens (primary N) is 1. The molecule has 5 heteroatoms. The molecular formula is C10H9F3N2. The van der Waals surface area contributed by atoms with E-state index in [0.29, 0.717) is 13.0 Å². The summed E-state index contributed by atoms with van der Waals surface area (Å²) in [5.41, 5.74) is 4.11. The van der Waals surface area contributed by atoms with E-state index in [-0.39, 0.29) is 5.69 Å². The first-order valence-electron chi connectivity index (χ1n) is 4.27. The molecule has 0 aliphatic rings. The second-order valence-electron chi connectivity index (χ2n) is 2.74. The molecule has 1 rings (SSSR count). The molecule has 2 N–H and O–H groups in total. The van der Waals surface area contributed by atoms with Crippen LogP contribution in [-0.2, 0) is 6.18 Å². The van der Waals surface area contributed by atoms with E-state index >= 15 is 0 Å². The first-order valence-corrected chi connectivity index (χ1v) is 4.27. The Hall–Kier alpha value is -1.54. The molecule has 0 saturated carbocycles. The van der Waals surface area contributed by atoms with Gasteiger partial charge in [-0.3, -0.25) is 0 Å². The zero-order chi connectivity index (χ0) is 11.3. The number of aromatic nitrogens is 1. The molecular weight excluding hydrogens is 205 g/mol. The molecule has 0 aromatic carbocycles. The minimum absolute atomic E-state index is 0.251. The van der Waals surface area contributed by atoms with Gasteiger partial charge >= 0.3 is 6.18 Å². The number of halogens is 3. The minimum Gasteiger partial charge on any atom is -0.330 e. The van der Waals surface area contributed by atoms with Gasteiger partial charge in [0.2, 0.25) is 0 Å². The third kappa shape index (κ3) is 3.26. The Bertz CT molecular complexity index is 388. The summed E-state index contributed by atoms with van der Waals surface area (Å²) in [4.78, 5) is 3.58. The molecule has 1 heterocycles. The van der Waals surface area contributed by atoms with Gasteiger partial charge in [-0.25, -0.2) is 4.98 Å². The lowest BCUT2D eigenvalue weighted by Crippen LogP contribution is -2.08. The van der Waals surface area contributed by atoms with Gasteiger partial charge in [0.05, 0.1) is 5.56 Å². The molecule has 0 aliphatic carbocycles. The quantitative estimate of drug-likeness (QED) is 0.724. The number of alkyl halides is 3. The van der Waals surface area contributed by atoms with Gasteiger partial charge in [-0.15, -0.1) is 0 Å². The number of nitrogens with zero attached hydrogens (tertiary/aromatic N) is 1. The van der Waals surface area contributed by atoms with Crippen molar-refractivity contribution in [3.63, 3.8) is 0 Å². The van der Waals surface area contributed by atoms with Crippen LogP contribution in [0.1, 0.15) is 17.7 Å². The fraction of sp³-hybridized carbons (Fsp3) is 0.300. The molecule has 2 nitrogen and oxygen atoms in total. The molecule has 0 amide bonds. The summed E-state index contributed by atoms with van der Waals surface area (Å²) in [5.74, 6) is 4.89. The highest BCUT2D eigenvalue weighted by Crippen LogP contribution is 2.30. The van der Waals surface area contributed by atoms with Crippen molar-refractivity contribution in [2.75, 3.05) is 6.54 Å². The molecule has 0 radical (unpaired) electrons. The maximum atomic E-state index is 12.4. The third-order valence-corrected chi connectivity index (χ3v) is 1.59. The van der Waals surface area contributed by atoms with Gasteiger partial charge in [-0.05, 0) is 18.1 Å². The highest BCUT2D eigenvalue weighted by Gasteiger charge is 2.33. The zero-order valence-corrected chi connectivity index (χ0v) is 7.80. The van der Waals surface area contributed by atoms with Gasteiger partial charge in [0.1, 0.15) is 5.69 Å². The van der Waals surface area contributed by atoms with E-state index in [4.69, 9.17) is 5.73 Å². The van der Waals surface area contributed by atoms with Crippen molar-refractivity contribution in [1.82, 2.24) is 4.98 Å². The molecule has 1 aromatic heterocycles. The Balaban J connectivity index is 3.04. The van der Waals surface area contributed by atoms with E-state index in [9.17, 15) is 13.2 Å². The lowest BCUT2D eigenvalue weighted by molar-refractivity contribution is -0.138. The van der Waals surface area contributed by atoms with Crippen LogP contribution in [0.4, 0.5) is 13.2 Å². The van der Waals surface area contributed by atoms with E-state index in [1.54, 1.807) is 0 Å². The van der Waals surface area contributed by atoms with Gasteiger partial charge < -0.3 is 5.73 Å². The van der Waals surface area contributed by atoms with E-state index < -0.39 is 11.7 Å². The van der Waals surface area contributed by atoms with Crippen molar-refractivity contribution < 1.29 is 13.2 Å². The van der Waals surface area contributed by atoms with Crippen LogP contribution in [0.5, 0.6) is 0 Å². The Morgan fingerprint density at radius 3 is 2.73 bits per heavy atom. The Kier molecular flexibility index (Phi) is 3.69. The van der Waals surface area contributed by atoms with Crippen molar-refractivity contribution in [3.05, 3.63) is 29.6 Å². The largest absolute Gasteiger partial charge is 0.419 e. The molecule has 0 aliphatic heterocycles. The maximum absolute atomic E-state index is 12.4. The Morgan fingerprint density at radius 2 is 2.13 bits per heavy atom. The molecule has 0 unspecified atom stereocenters. The summed E-state index contributed by atoms with van der Waals surface area (Å²) < 4.78 is 37.3. The summed E-state index contributed by atoms with van der Waals surface area (Å²) in [7, 11) is 0. The van der Waals surface area contributed by atoms with Crippen LogP contribution >= 0.6 is 0 Å². The number of rotatable bonds is 1. The standard InChI is InChI=1S/C10H9F3N2/c11-10(12,13)8-4-3-7-15-9(8)5-1-2-6-14/h3-4,7H,2,6,14H2. The second kappa shape index (κ2) is 4.80. The Morgan fingerprint density at radius 1 is 1.40 bits per heavy atom. The lowest BCUT2D eigenvalue weighted by atomic mass is 10.2. The molecule has 0 atom stereocenters. The molecule has 15 heavy (non-hydrogen) atoms. The normalized spacial score (nSPS) is 10.7. The summed E-state index contributed by atoms with van der Waals surface area (Å²) in [6.07, 6.45) is -2.78. The third-order valence-electron chi connectivity index (χ3n) is 1.59. The van der Waals surface area contributed by atoms with Crippen LogP contribution in [0.25, 0.3) is 0 Å². The minimum atomic E-state index is -4.42. The van der Waals surface area contributed by atoms with Crippen LogP contribution in [0, 0.1) is 11.8 Å². The van der Waals surface area contributed by atoms with Crippen LogP contribution in [0.2, 0.25) is 0 Å². The second-order valence-corrected chi connectivity index (χ2v) is 2.74. The van der Waals surface area contributed by atoms with Gasteiger partial charge in [-0.1, -0.05) is 5.92 Å². The van der Waals surface area contributed by atoms with Gasteiger partial charge in [-0.2, -0.15) is 13.2 Å². The fourth-order valence-electron chi connectivity index (χ4n) is 0.952. The van der Waals surface area contributed by atoms with Crippen LogP contribution in [-0.4, -0.2) is 11.5 Å². The first kappa shape index (κ1) is 11.5. The summed E-state index contributed by atoms with van der Waals surface area (Å²) in [5, 5.41) is 0. The molecule has 0 fully saturated rings. The topological polar surface area (TPSA) is 38.9 Å². The van der Waals surface area contributed by atoms with Crippen molar-refractivity contribution in [3.8, 4) is 11.8 Å². The lowest BCUT2D eigenvalue weighted by Gasteiger charge is -2.06. The molecule has 0 bridgehead atoms. The highest BCUT2D eigenvalue weighted by molar-refractivity contribution is 5.37. The van der Waals surface area contributed by atoms with Crippen molar-refractivity contribution in [1.29, 1.82) is 0 Å². The number of hydrogen-bond donors (Lipinski definition) is 1. The van der Waals surface area contributed by atoms with E-state index in [1.165, 1.54) is 12.3 Å². The SMILES string of the molecule is NCCC#Cc1ncccc1C(F)(F)F. The van der Waals surface area contributed by atoms with Gasteiger partial charge in [0, 0.05) is 19.2 Å².